The van der Waals surface area contributed by atoms with Gasteiger partial charge in [-0.25, -0.2) is 0 Å². The Kier molecular flexibility index (Phi) is 5.86. The van der Waals surface area contributed by atoms with Crippen LogP contribution in [-0.2, 0) is 4.79 Å². The van der Waals surface area contributed by atoms with Gasteiger partial charge in [-0.2, -0.15) is 10.1 Å². The maximum atomic E-state index is 13.1. The van der Waals surface area contributed by atoms with Crippen LogP contribution in [0, 0.1) is 5.92 Å². The quantitative estimate of drug-likeness (QED) is 0.811. The Morgan fingerprint density at radius 2 is 2.14 bits per heavy atom. The fourth-order valence-corrected chi connectivity index (χ4v) is 3.99. The third kappa shape index (κ3) is 3.69. The summed E-state index contributed by atoms with van der Waals surface area (Å²) in [6.07, 6.45) is 1.36. The Bertz CT molecular complexity index is 794. The Morgan fingerprint density at radius 1 is 1.39 bits per heavy atom. The number of nitrogens with zero attached hydrogens (tertiary/aromatic N) is 4. The van der Waals surface area contributed by atoms with E-state index >= 15 is 0 Å². The van der Waals surface area contributed by atoms with E-state index in [1.807, 2.05) is 11.8 Å². The van der Waals surface area contributed by atoms with Crippen molar-refractivity contribution in [2.75, 3.05) is 38.2 Å². The fraction of sp³-hybridized carbons (Fsp3) is 0.571. The molecular weight excluding hydrogens is 356 g/mol. The van der Waals surface area contributed by atoms with Crippen molar-refractivity contribution in [2.45, 2.75) is 39.2 Å². The lowest BCUT2D eigenvalue weighted by Crippen LogP contribution is -2.45. The summed E-state index contributed by atoms with van der Waals surface area (Å²) in [7, 11) is 2.11. The van der Waals surface area contributed by atoms with Gasteiger partial charge in [0.25, 0.3) is 11.8 Å². The lowest BCUT2D eigenvalue weighted by molar-refractivity contribution is -0.129. The molecule has 2 atom stereocenters. The molecule has 1 N–H and O–H groups in total. The van der Waals surface area contributed by atoms with E-state index in [0.717, 1.165) is 26.1 Å². The van der Waals surface area contributed by atoms with Gasteiger partial charge < -0.3 is 14.9 Å². The summed E-state index contributed by atoms with van der Waals surface area (Å²) >= 11 is 0. The van der Waals surface area contributed by atoms with E-state index in [-0.39, 0.29) is 12.3 Å². The molecule has 2 aliphatic heterocycles. The molecular formula is C21H30N4O3. The number of aliphatic hydroxyl groups is 1. The van der Waals surface area contributed by atoms with Crippen molar-refractivity contribution in [3.8, 4) is 0 Å². The summed E-state index contributed by atoms with van der Waals surface area (Å²) in [5.74, 6) is -0.0282. The zero-order chi connectivity index (χ0) is 20.5. The van der Waals surface area contributed by atoms with Crippen LogP contribution in [0.1, 0.15) is 44.0 Å². The molecule has 0 radical (unpaired) electrons. The average Bonchev–Trinajstić information content (AvgIpc) is 3.21. The lowest BCUT2D eigenvalue weighted by Gasteiger charge is -2.25. The predicted octanol–water partition coefficient (Wildman–Crippen LogP) is 1.96. The second kappa shape index (κ2) is 8.01. The van der Waals surface area contributed by atoms with Crippen LogP contribution in [0.3, 0.4) is 0 Å². The molecule has 2 amide bonds. The van der Waals surface area contributed by atoms with E-state index in [4.69, 9.17) is 0 Å². The number of benzene rings is 1. The van der Waals surface area contributed by atoms with E-state index < -0.39 is 11.5 Å². The van der Waals surface area contributed by atoms with Crippen molar-refractivity contribution in [2.24, 2.45) is 11.0 Å². The van der Waals surface area contributed by atoms with Gasteiger partial charge in [-0.05, 0) is 64.4 Å². The highest BCUT2D eigenvalue weighted by Gasteiger charge is 2.46. The molecule has 0 spiro atoms. The van der Waals surface area contributed by atoms with Crippen LogP contribution in [0.4, 0.5) is 5.69 Å². The zero-order valence-corrected chi connectivity index (χ0v) is 17.2. The minimum absolute atomic E-state index is 0.0444. The van der Waals surface area contributed by atoms with Crippen LogP contribution >= 0.6 is 0 Å². The predicted molar refractivity (Wildman–Crippen MR) is 109 cm³/mol. The van der Waals surface area contributed by atoms with Crippen molar-refractivity contribution in [1.29, 1.82) is 0 Å². The number of carbonyl (C=O) groups excluding carboxylic acids is 2. The Morgan fingerprint density at radius 3 is 2.71 bits per heavy atom. The molecule has 1 fully saturated rings. The molecule has 0 bridgehead atoms. The number of rotatable bonds is 6. The topological polar surface area (TPSA) is 76.4 Å². The molecule has 7 nitrogen and oxygen atoms in total. The Balaban J connectivity index is 1.79. The maximum absolute atomic E-state index is 13.1. The second-order valence-corrected chi connectivity index (χ2v) is 7.83. The summed E-state index contributed by atoms with van der Waals surface area (Å²) < 4.78 is 0. The van der Waals surface area contributed by atoms with Gasteiger partial charge in [0.2, 0.25) is 0 Å². The molecule has 3 rings (SSSR count). The van der Waals surface area contributed by atoms with E-state index in [1.165, 1.54) is 5.01 Å². The van der Waals surface area contributed by atoms with Crippen LogP contribution in [0.5, 0.6) is 0 Å². The first-order chi connectivity index (χ1) is 13.3. The monoisotopic (exact) mass is 386 g/mol. The number of likely N-dealkylation sites (tertiary alicyclic amines) is 1. The molecule has 1 aromatic carbocycles. The average molecular weight is 386 g/mol. The van der Waals surface area contributed by atoms with E-state index in [9.17, 15) is 14.7 Å². The highest BCUT2D eigenvalue weighted by Crippen LogP contribution is 2.29. The lowest BCUT2D eigenvalue weighted by atomic mass is 9.95. The number of hydrogen-bond acceptors (Lipinski definition) is 5. The van der Waals surface area contributed by atoms with Crippen molar-refractivity contribution < 1.29 is 14.7 Å². The number of amides is 2. The maximum Gasteiger partial charge on any atom is 0.285 e. The van der Waals surface area contributed by atoms with Gasteiger partial charge in [0.05, 0.1) is 11.4 Å². The molecule has 0 aromatic heterocycles. The van der Waals surface area contributed by atoms with Crippen molar-refractivity contribution in [1.82, 2.24) is 9.80 Å². The summed E-state index contributed by atoms with van der Waals surface area (Å²) in [6, 6.07) is 6.93. The number of anilines is 1. The molecule has 0 saturated carbocycles. The van der Waals surface area contributed by atoms with E-state index in [2.05, 4.69) is 17.0 Å². The first-order valence-electron chi connectivity index (χ1n) is 10.0. The minimum atomic E-state index is -1.57. The molecule has 28 heavy (non-hydrogen) atoms. The molecule has 152 valence electrons. The first-order valence-corrected chi connectivity index (χ1v) is 10.0. The molecule has 1 aromatic rings. The summed E-state index contributed by atoms with van der Waals surface area (Å²) in [4.78, 5) is 29.9. The highest BCUT2D eigenvalue weighted by atomic mass is 16.3. The zero-order valence-electron chi connectivity index (χ0n) is 17.2. The van der Waals surface area contributed by atoms with Gasteiger partial charge in [-0.1, -0.05) is 13.0 Å². The molecule has 7 heteroatoms. The Labute approximate surface area is 166 Å². The molecule has 0 unspecified atom stereocenters. The van der Waals surface area contributed by atoms with Gasteiger partial charge in [-0.3, -0.25) is 9.59 Å². The fourth-order valence-electron chi connectivity index (χ4n) is 3.99. The van der Waals surface area contributed by atoms with Gasteiger partial charge in [0, 0.05) is 25.2 Å². The standard InChI is InChI=1S/C21H30N4O3/c1-5-21(28)15(3)22-25(20(21)27)18-9-7-8-17(12-18)19(26)24(6-2)14-16-10-11-23(4)13-16/h7-9,12,16,28H,5-6,10-11,13-14H2,1-4H3/t16-,21+/m1/s1. The summed E-state index contributed by atoms with van der Waals surface area (Å²) in [5, 5.41) is 16.0. The molecule has 2 aliphatic rings. The van der Waals surface area contributed by atoms with E-state index in [1.54, 1.807) is 38.1 Å². The highest BCUT2D eigenvalue weighted by molar-refractivity contribution is 6.21. The largest absolute Gasteiger partial charge is 0.374 e. The van der Waals surface area contributed by atoms with Crippen LogP contribution in [0.25, 0.3) is 0 Å². The smallest absolute Gasteiger partial charge is 0.285 e. The molecule has 2 heterocycles. The SMILES string of the molecule is CCN(C[C@@H]1CCN(C)C1)C(=O)c1cccc(N2N=C(C)[C@@](O)(CC)C2=O)c1. The van der Waals surface area contributed by atoms with Crippen LogP contribution < -0.4 is 5.01 Å². The summed E-state index contributed by atoms with van der Waals surface area (Å²) in [6.45, 7) is 8.84. The number of hydrazone groups is 1. The van der Waals surface area contributed by atoms with Crippen molar-refractivity contribution >= 4 is 23.2 Å². The van der Waals surface area contributed by atoms with Crippen LogP contribution in [0.2, 0.25) is 0 Å². The third-order valence-electron chi connectivity index (χ3n) is 5.88. The van der Waals surface area contributed by atoms with Gasteiger partial charge >= 0.3 is 0 Å². The van der Waals surface area contributed by atoms with Crippen molar-refractivity contribution in [3.63, 3.8) is 0 Å². The second-order valence-electron chi connectivity index (χ2n) is 7.83. The number of hydrogen-bond donors (Lipinski definition) is 1. The van der Waals surface area contributed by atoms with Gasteiger partial charge in [0.15, 0.2) is 5.60 Å². The van der Waals surface area contributed by atoms with Crippen molar-refractivity contribution in [3.05, 3.63) is 29.8 Å². The van der Waals surface area contributed by atoms with Gasteiger partial charge in [-0.15, -0.1) is 0 Å². The van der Waals surface area contributed by atoms with E-state index in [0.29, 0.717) is 29.4 Å². The Hall–Kier alpha value is -2.25. The molecule has 1 saturated heterocycles. The molecule has 0 aliphatic carbocycles. The van der Waals surface area contributed by atoms with Crippen LogP contribution in [0.15, 0.2) is 29.4 Å². The normalized spacial score (nSPS) is 25.3. The third-order valence-corrected chi connectivity index (χ3v) is 5.88. The summed E-state index contributed by atoms with van der Waals surface area (Å²) in [5.41, 5.74) is -0.170. The first kappa shape index (κ1) is 20.5. The number of carbonyl (C=O) groups is 2. The minimum Gasteiger partial charge on any atom is -0.374 e. The van der Waals surface area contributed by atoms with Gasteiger partial charge in [0.1, 0.15) is 0 Å². The van der Waals surface area contributed by atoms with Crippen LogP contribution in [-0.4, -0.2) is 71.3 Å².